The number of aromatic amines is 1. The summed E-state index contributed by atoms with van der Waals surface area (Å²) >= 11 is -1.75. The molecule has 4 rings (SSSR count). The molecule has 2 aliphatic rings. The van der Waals surface area contributed by atoms with Gasteiger partial charge < -0.3 is 15.0 Å². The summed E-state index contributed by atoms with van der Waals surface area (Å²) in [5.41, 5.74) is 1.46. The molecule has 3 heterocycles. The first-order valence-electron chi connectivity index (χ1n) is 8.60. The topological polar surface area (TPSA) is 104 Å². The van der Waals surface area contributed by atoms with E-state index in [0.29, 0.717) is 19.2 Å². The van der Waals surface area contributed by atoms with Gasteiger partial charge in [0.2, 0.25) is 0 Å². The van der Waals surface area contributed by atoms with Crippen molar-refractivity contribution >= 4 is 17.3 Å². The summed E-state index contributed by atoms with van der Waals surface area (Å²) in [7, 11) is 0. The highest BCUT2D eigenvalue weighted by Gasteiger charge is 2.46. The molecular weight excluding hydrogens is 397 g/mol. The fourth-order valence-corrected chi connectivity index (χ4v) is 5.93. The van der Waals surface area contributed by atoms with E-state index in [0.717, 1.165) is 17.3 Å². The molecule has 0 saturated carbocycles. The fraction of sp³-hybridized carbons (Fsp3) is 0.412. The van der Waals surface area contributed by atoms with Gasteiger partial charge >= 0.3 is 6.09 Å². The number of amides is 1. The highest BCUT2D eigenvalue weighted by Crippen LogP contribution is 2.39. The lowest BCUT2D eigenvalue weighted by molar-refractivity contribution is 0.164. The first kappa shape index (κ1) is 19.1. The molecule has 3 N–H and O–H groups in total. The molecule has 0 bridgehead atoms. The van der Waals surface area contributed by atoms with Crippen molar-refractivity contribution in [2.45, 2.75) is 36.8 Å². The normalized spacial score (nSPS) is 27.6. The Morgan fingerprint density at radius 3 is 2.86 bits per heavy atom. The van der Waals surface area contributed by atoms with Crippen LogP contribution in [0.3, 0.4) is 0 Å². The van der Waals surface area contributed by atoms with Crippen LogP contribution in [-0.2, 0) is 24.3 Å². The van der Waals surface area contributed by atoms with Gasteiger partial charge in [0.05, 0.1) is 17.8 Å². The first-order chi connectivity index (χ1) is 13.3. The number of halogens is 3. The summed E-state index contributed by atoms with van der Waals surface area (Å²) in [4.78, 5) is 13.3. The minimum atomic E-state index is -1.75. The number of benzene rings is 1. The monoisotopic (exact) mass is 414 g/mol. The van der Waals surface area contributed by atoms with Crippen LogP contribution in [0, 0.1) is 17.5 Å². The van der Waals surface area contributed by atoms with E-state index in [1.54, 1.807) is 6.20 Å². The second-order valence-electron chi connectivity index (χ2n) is 6.97. The predicted octanol–water partition coefficient (Wildman–Crippen LogP) is 2.04. The van der Waals surface area contributed by atoms with Crippen LogP contribution in [0.2, 0.25) is 0 Å². The Morgan fingerprint density at radius 2 is 2.14 bits per heavy atom. The Labute approximate surface area is 161 Å². The summed E-state index contributed by atoms with van der Waals surface area (Å²) in [5, 5.41) is 17.2. The van der Waals surface area contributed by atoms with E-state index < -0.39 is 51.6 Å². The van der Waals surface area contributed by atoms with Crippen LogP contribution < -0.4 is 5.32 Å². The molecule has 150 valence electrons. The highest BCUT2D eigenvalue weighted by molar-refractivity contribution is 7.91. The number of nitrogens with zero attached hydrogens (tertiary/aromatic N) is 2. The lowest BCUT2D eigenvalue weighted by Crippen LogP contribution is -2.53. The van der Waals surface area contributed by atoms with Crippen molar-refractivity contribution in [3.05, 3.63) is 52.6 Å². The number of H-pyrrole nitrogens is 1. The second-order valence-corrected chi connectivity index (χ2v) is 8.57. The quantitative estimate of drug-likeness (QED) is 0.527. The standard InChI is InChI=1S/C17H17F3N4O3S/c18-9-1-11(15(20)12(19)2-9)16-13(22-17(25)26)3-10(7-28(16)27)24-5-8-4-21-23-14(8)6-24/h1-2,4,10,13,16,22H,3,5-7H2,(H,21,23)(H,25,26)/t10-,13?,16?,28+/m1/s1. The molecule has 1 amide bonds. The van der Waals surface area contributed by atoms with Gasteiger partial charge in [-0.15, -0.1) is 0 Å². The molecule has 0 aliphatic carbocycles. The highest BCUT2D eigenvalue weighted by atomic mass is 32.2. The molecule has 0 radical (unpaired) electrons. The molecule has 1 saturated heterocycles. The molecule has 0 spiro atoms. The third kappa shape index (κ3) is 3.45. The van der Waals surface area contributed by atoms with Gasteiger partial charge in [0.15, 0.2) is 16.9 Å². The van der Waals surface area contributed by atoms with Crippen LogP contribution >= 0.6 is 0 Å². The Balaban J connectivity index is 1.62. The number of aromatic nitrogens is 2. The second kappa shape index (κ2) is 7.30. The van der Waals surface area contributed by atoms with Crippen molar-refractivity contribution in [2.24, 2.45) is 0 Å². The molecule has 2 aliphatic heterocycles. The summed E-state index contributed by atoms with van der Waals surface area (Å²) in [6, 6.07) is -0.0196. The van der Waals surface area contributed by atoms with Crippen molar-refractivity contribution in [1.82, 2.24) is 20.4 Å². The molecule has 4 atom stereocenters. The smallest absolute Gasteiger partial charge is 0.405 e. The van der Waals surface area contributed by atoms with Crippen LogP contribution in [0.5, 0.6) is 0 Å². The van der Waals surface area contributed by atoms with Gasteiger partial charge in [0.25, 0.3) is 0 Å². The van der Waals surface area contributed by atoms with E-state index in [9.17, 15) is 27.6 Å². The zero-order chi connectivity index (χ0) is 20.0. The molecular formula is C17H17F3N4O3S. The summed E-state index contributed by atoms with van der Waals surface area (Å²) < 4.78 is 54.6. The van der Waals surface area contributed by atoms with Crippen molar-refractivity contribution in [3.8, 4) is 0 Å². The number of carboxylic acid groups (broad SMARTS) is 1. The van der Waals surface area contributed by atoms with E-state index in [4.69, 9.17) is 0 Å². The SMILES string of the molecule is O=C(O)NC1C[C@@H](N2Cc3c[nH]nc3C2)C[S@+]([O-])C1c1cc(F)cc(F)c1F. The van der Waals surface area contributed by atoms with Gasteiger partial charge in [0, 0.05) is 36.5 Å². The minimum Gasteiger partial charge on any atom is -0.616 e. The molecule has 1 aromatic carbocycles. The largest absolute Gasteiger partial charge is 0.616 e. The van der Waals surface area contributed by atoms with Gasteiger partial charge in [-0.3, -0.25) is 10.00 Å². The van der Waals surface area contributed by atoms with Crippen molar-refractivity contribution in [2.75, 3.05) is 5.75 Å². The van der Waals surface area contributed by atoms with Crippen molar-refractivity contribution in [1.29, 1.82) is 0 Å². The third-order valence-corrected chi connectivity index (χ3v) is 7.08. The maximum absolute atomic E-state index is 14.3. The lowest BCUT2D eigenvalue weighted by Gasteiger charge is -2.40. The fourth-order valence-electron chi connectivity index (χ4n) is 3.99. The van der Waals surface area contributed by atoms with Crippen molar-refractivity contribution in [3.63, 3.8) is 0 Å². The number of fused-ring (bicyclic) bond motifs is 1. The molecule has 11 heteroatoms. The average Bonchev–Trinajstić information content (AvgIpc) is 3.19. The molecule has 28 heavy (non-hydrogen) atoms. The van der Waals surface area contributed by atoms with E-state index >= 15 is 0 Å². The summed E-state index contributed by atoms with van der Waals surface area (Å²) in [6.07, 6.45) is 0.629. The Kier molecular flexibility index (Phi) is 4.98. The van der Waals surface area contributed by atoms with Gasteiger partial charge in [0.1, 0.15) is 11.6 Å². The zero-order valence-electron chi connectivity index (χ0n) is 14.5. The van der Waals surface area contributed by atoms with Gasteiger partial charge in [-0.25, -0.2) is 18.0 Å². The van der Waals surface area contributed by atoms with Crippen molar-refractivity contribution < 1.29 is 27.6 Å². The number of carbonyl (C=O) groups is 1. The summed E-state index contributed by atoms with van der Waals surface area (Å²) in [6.45, 7) is 1.09. The van der Waals surface area contributed by atoms with E-state index in [1.165, 1.54) is 0 Å². The van der Waals surface area contributed by atoms with E-state index in [2.05, 4.69) is 15.5 Å². The van der Waals surface area contributed by atoms with E-state index in [-0.39, 0.29) is 18.2 Å². The molecule has 7 nitrogen and oxygen atoms in total. The van der Waals surface area contributed by atoms with E-state index in [1.807, 2.05) is 4.90 Å². The molecule has 2 unspecified atom stereocenters. The molecule has 1 aromatic heterocycles. The van der Waals surface area contributed by atoms with Crippen LogP contribution in [0.25, 0.3) is 0 Å². The predicted molar refractivity (Wildman–Crippen MR) is 93.3 cm³/mol. The lowest BCUT2D eigenvalue weighted by atomic mass is 9.97. The average molecular weight is 414 g/mol. The number of rotatable bonds is 3. The van der Waals surface area contributed by atoms with Crippen LogP contribution in [0.15, 0.2) is 18.3 Å². The third-order valence-electron chi connectivity index (χ3n) is 5.22. The Hall–Kier alpha value is -2.24. The maximum Gasteiger partial charge on any atom is 0.405 e. The Morgan fingerprint density at radius 1 is 1.36 bits per heavy atom. The zero-order valence-corrected chi connectivity index (χ0v) is 15.3. The van der Waals surface area contributed by atoms with Crippen LogP contribution in [0.4, 0.5) is 18.0 Å². The van der Waals surface area contributed by atoms with Gasteiger partial charge in [-0.1, -0.05) is 0 Å². The molecule has 2 aromatic rings. The Bertz CT molecular complexity index is 891. The van der Waals surface area contributed by atoms with Crippen LogP contribution in [0.1, 0.15) is 28.5 Å². The van der Waals surface area contributed by atoms with Crippen LogP contribution in [-0.4, -0.2) is 48.7 Å². The number of hydrogen-bond donors (Lipinski definition) is 3. The van der Waals surface area contributed by atoms with Gasteiger partial charge in [-0.05, 0) is 23.7 Å². The summed E-state index contributed by atoms with van der Waals surface area (Å²) in [5.74, 6) is -3.58. The number of hydrogen-bond acceptors (Lipinski definition) is 4. The maximum atomic E-state index is 14.3. The first-order valence-corrected chi connectivity index (χ1v) is 9.98. The number of nitrogens with one attached hydrogen (secondary N) is 2. The molecule has 1 fully saturated rings. The minimum absolute atomic E-state index is 0.133. The van der Waals surface area contributed by atoms with Gasteiger partial charge in [-0.2, -0.15) is 5.10 Å².